The van der Waals surface area contributed by atoms with Crippen LogP contribution >= 0.6 is 0 Å². The van der Waals surface area contributed by atoms with E-state index in [4.69, 9.17) is 0 Å². The van der Waals surface area contributed by atoms with Gasteiger partial charge in [0.15, 0.2) is 0 Å². The van der Waals surface area contributed by atoms with Gasteiger partial charge in [0.25, 0.3) is 0 Å². The smallest absolute Gasteiger partial charge is 0.416 e. The van der Waals surface area contributed by atoms with Crippen molar-refractivity contribution in [2.45, 2.75) is 25.3 Å². The van der Waals surface area contributed by atoms with Crippen LogP contribution in [0.5, 0.6) is 5.75 Å². The Labute approximate surface area is 187 Å². The highest BCUT2D eigenvalue weighted by atomic mass is 19.4. The molecule has 1 aromatic heterocycles. The molecule has 5 nitrogen and oxygen atoms in total. The van der Waals surface area contributed by atoms with Crippen molar-refractivity contribution in [3.63, 3.8) is 0 Å². The van der Waals surface area contributed by atoms with E-state index in [9.17, 15) is 28.2 Å². The van der Waals surface area contributed by atoms with Crippen LogP contribution in [0.25, 0.3) is 10.9 Å². The topological polar surface area (TPSA) is 74.5 Å². The molecule has 0 fully saturated rings. The van der Waals surface area contributed by atoms with E-state index in [0.29, 0.717) is 23.1 Å². The lowest BCUT2D eigenvalue weighted by Crippen LogP contribution is -2.28. The molecule has 0 aliphatic carbocycles. The molecule has 1 atom stereocenters. The van der Waals surface area contributed by atoms with Gasteiger partial charge in [-0.05, 0) is 35.4 Å². The summed E-state index contributed by atoms with van der Waals surface area (Å²) in [4.78, 5) is 12.1. The number of rotatable bonds is 7. The number of aliphatic carboxylic acids is 1. The molecule has 0 radical (unpaired) electrons. The number of carboxylic acids is 1. The van der Waals surface area contributed by atoms with Crippen molar-refractivity contribution in [2.24, 2.45) is 0 Å². The van der Waals surface area contributed by atoms with Crippen molar-refractivity contribution < 1.29 is 28.2 Å². The number of carbonyl (C=O) groups is 1. The molecule has 0 saturated carbocycles. The van der Waals surface area contributed by atoms with Gasteiger partial charge in [0.05, 0.1) is 5.56 Å². The number of hydrogen-bond acceptors (Lipinski definition) is 3. The maximum atomic E-state index is 13.0. The molecule has 3 aromatic carbocycles. The van der Waals surface area contributed by atoms with Crippen molar-refractivity contribution in [3.05, 3.63) is 101 Å². The first-order valence-corrected chi connectivity index (χ1v) is 10.2. The third-order valence-corrected chi connectivity index (χ3v) is 5.41. The van der Waals surface area contributed by atoms with E-state index >= 15 is 0 Å². The quantitative estimate of drug-likeness (QED) is 0.353. The van der Waals surface area contributed by atoms with Gasteiger partial charge in [-0.3, -0.25) is 10.1 Å². The van der Waals surface area contributed by atoms with E-state index in [0.717, 1.165) is 23.2 Å². The van der Waals surface area contributed by atoms with E-state index in [1.807, 2.05) is 34.9 Å². The predicted molar refractivity (Wildman–Crippen MR) is 118 cm³/mol. The minimum Gasteiger partial charge on any atom is -0.508 e. The molecule has 0 aliphatic heterocycles. The summed E-state index contributed by atoms with van der Waals surface area (Å²) < 4.78 is 40.9. The summed E-state index contributed by atoms with van der Waals surface area (Å²) in [5.74, 6) is -1.19. The Morgan fingerprint density at radius 1 is 0.970 bits per heavy atom. The van der Waals surface area contributed by atoms with Gasteiger partial charge in [0, 0.05) is 35.8 Å². The van der Waals surface area contributed by atoms with E-state index in [1.54, 1.807) is 12.3 Å². The van der Waals surface area contributed by atoms with Crippen LogP contribution < -0.4 is 5.32 Å². The Balaban J connectivity index is 1.67. The number of hydrogen-bond donors (Lipinski definition) is 3. The number of nitrogens with zero attached hydrogens (tertiary/aromatic N) is 1. The Hall–Kier alpha value is -3.78. The van der Waals surface area contributed by atoms with Gasteiger partial charge in [-0.15, -0.1) is 0 Å². The number of aromatic hydroxyl groups is 1. The Morgan fingerprint density at radius 2 is 1.70 bits per heavy atom. The Bertz CT molecular complexity index is 1280. The molecule has 8 heteroatoms. The van der Waals surface area contributed by atoms with Crippen LogP contribution in [0.1, 0.15) is 28.3 Å². The molecule has 33 heavy (non-hydrogen) atoms. The highest BCUT2D eigenvalue weighted by Crippen LogP contribution is 2.32. The maximum absolute atomic E-state index is 13.0. The van der Waals surface area contributed by atoms with E-state index in [2.05, 4.69) is 5.32 Å². The Kier molecular flexibility index (Phi) is 6.11. The molecule has 1 unspecified atom stereocenters. The van der Waals surface area contributed by atoms with E-state index in [1.165, 1.54) is 24.3 Å². The largest absolute Gasteiger partial charge is 0.508 e. The van der Waals surface area contributed by atoms with Crippen LogP contribution in [0.2, 0.25) is 0 Å². The average Bonchev–Trinajstić information content (AvgIpc) is 3.11. The van der Waals surface area contributed by atoms with Crippen molar-refractivity contribution in [2.75, 3.05) is 0 Å². The Morgan fingerprint density at radius 3 is 2.39 bits per heavy atom. The zero-order valence-corrected chi connectivity index (χ0v) is 17.4. The highest BCUT2D eigenvalue weighted by Gasteiger charge is 2.30. The number of fused-ring (bicyclic) bond motifs is 1. The van der Waals surface area contributed by atoms with Gasteiger partial charge in [-0.25, -0.2) is 0 Å². The minimum atomic E-state index is -4.48. The number of halogens is 3. The third kappa shape index (κ3) is 5.01. The lowest BCUT2D eigenvalue weighted by atomic mass is 10.0. The summed E-state index contributed by atoms with van der Waals surface area (Å²) in [5.41, 5.74) is 1.68. The van der Waals surface area contributed by atoms with Crippen LogP contribution in [0.15, 0.2) is 79.0 Å². The maximum Gasteiger partial charge on any atom is 0.416 e. The molecule has 3 N–H and O–H groups in total. The number of phenols is 1. The number of aromatic nitrogens is 1. The minimum absolute atomic E-state index is 0.0109. The van der Waals surface area contributed by atoms with Crippen molar-refractivity contribution >= 4 is 16.9 Å². The normalized spacial score (nSPS) is 12.7. The molecular formula is C25H21F3N2O3. The first-order valence-electron chi connectivity index (χ1n) is 10.2. The number of phenolic OH excluding ortho intramolecular Hbond substituents is 1. The van der Waals surface area contributed by atoms with E-state index < -0.39 is 23.8 Å². The number of benzene rings is 3. The summed E-state index contributed by atoms with van der Waals surface area (Å²) in [6.07, 6.45) is -2.78. The average molecular weight is 454 g/mol. The SMILES string of the molecule is O=C(O)C(NCc1cccc(C(F)(F)F)c1)c1cn(Cc2ccccc2)c2ccc(O)cc12. The second-order valence-corrected chi connectivity index (χ2v) is 7.75. The first kappa shape index (κ1) is 22.4. The molecule has 0 bridgehead atoms. The zero-order valence-electron chi connectivity index (χ0n) is 17.4. The summed E-state index contributed by atoms with van der Waals surface area (Å²) in [6.45, 7) is 0.410. The lowest BCUT2D eigenvalue weighted by molar-refractivity contribution is -0.140. The zero-order chi connectivity index (χ0) is 23.6. The third-order valence-electron chi connectivity index (χ3n) is 5.41. The number of carboxylic acid groups (broad SMARTS) is 1. The molecule has 4 aromatic rings. The number of alkyl halides is 3. The standard InChI is InChI=1S/C25H21F3N2O3/c26-25(27,28)18-8-4-7-17(11-18)13-29-23(24(32)33)21-15-30(14-16-5-2-1-3-6-16)22-10-9-19(31)12-20(21)22/h1-12,15,23,29,31H,13-14H2,(H,32,33). The van der Waals surface area contributed by atoms with Crippen LogP contribution in [0, 0.1) is 0 Å². The fourth-order valence-corrected chi connectivity index (χ4v) is 3.86. The molecule has 1 heterocycles. The van der Waals surface area contributed by atoms with Crippen molar-refractivity contribution in [3.8, 4) is 5.75 Å². The fraction of sp³-hybridized carbons (Fsp3) is 0.160. The van der Waals surface area contributed by atoms with Crippen LogP contribution in [0.3, 0.4) is 0 Å². The van der Waals surface area contributed by atoms with Crippen molar-refractivity contribution in [1.29, 1.82) is 0 Å². The summed E-state index contributed by atoms with van der Waals surface area (Å²) >= 11 is 0. The molecule has 170 valence electrons. The summed E-state index contributed by atoms with van der Waals surface area (Å²) in [5, 5.41) is 23.3. The van der Waals surface area contributed by atoms with Crippen LogP contribution in [-0.4, -0.2) is 20.7 Å². The molecule has 0 saturated heterocycles. The van der Waals surface area contributed by atoms with Gasteiger partial charge in [-0.2, -0.15) is 13.2 Å². The number of nitrogens with one attached hydrogen (secondary N) is 1. The predicted octanol–water partition coefficient (Wildman–Crippen LogP) is 5.33. The summed E-state index contributed by atoms with van der Waals surface area (Å²) in [6, 6.07) is 17.9. The molecular weight excluding hydrogens is 433 g/mol. The van der Waals surface area contributed by atoms with Gasteiger partial charge in [0.1, 0.15) is 11.8 Å². The second kappa shape index (κ2) is 8.99. The molecule has 0 spiro atoms. The molecule has 4 rings (SSSR count). The van der Waals surface area contributed by atoms with Crippen molar-refractivity contribution in [1.82, 2.24) is 9.88 Å². The molecule has 0 amide bonds. The lowest BCUT2D eigenvalue weighted by Gasteiger charge is -2.15. The fourth-order valence-electron chi connectivity index (χ4n) is 3.86. The molecule has 0 aliphatic rings. The summed E-state index contributed by atoms with van der Waals surface area (Å²) in [7, 11) is 0. The first-order chi connectivity index (χ1) is 15.7. The van der Waals surface area contributed by atoms with Gasteiger partial charge in [-0.1, -0.05) is 48.5 Å². The van der Waals surface area contributed by atoms with Gasteiger partial charge >= 0.3 is 12.1 Å². The monoisotopic (exact) mass is 454 g/mol. The van der Waals surface area contributed by atoms with E-state index in [-0.39, 0.29) is 12.3 Å². The van der Waals surface area contributed by atoms with Crippen LogP contribution in [0.4, 0.5) is 13.2 Å². The second-order valence-electron chi connectivity index (χ2n) is 7.75. The van der Waals surface area contributed by atoms with Gasteiger partial charge < -0.3 is 14.8 Å². The van der Waals surface area contributed by atoms with Crippen LogP contribution in [-0.2, 0) is 24.1 Å². The van der Waals surface area contributed by atoms with Gasteiger partial charge in [0.2, 0.25) is 0 Å². The highest BCUT2D eigenvalue weighted by molar-refractivity contribution is 5.90.